The predicted molar refractivity (Wildman–Crippen MR) is 136 cm³/mol. The fourth-order valence-electron chi connectivity index (χ4n) is 3.65. The second-order valence-corrected chi connectivity index (χ2v) is 11.0. The Kier molecular flexibility index (Phi) is 7.23. The molecule has 4 rings (SSSR count). The van der Waals surface area contributed by atoms with Crippen molar-refractivity contribution in [3.8, 4) is 5.69 Å². The van der Waals surface area contributed by atoms with Crippen LogP contribution in [0.1, 0.15) is 30.5 Å². The molecule has 0 saturated carbocycles. The van der Waals surface area contributed by atoms with Crippen LogP contribution in [0.2, 0.25) is 0 Å². The fraction of sp³-hybridized carbons (Fsp3) is 0.273. The molecular formula is C22H24N6O2S3. The largest absolute Gasteiger partial charge is 0.383 e. The number of nitrogens with zero attached hydrogens (tertiary/aromatic N) is 5. The second kappa shape index (κ2) is 10.1. The molecule has 0 atom stereocenters. The lowest BCUT2D eigenvalue weighted by molar-refractivity contribution is 0.346. The Labute approximate surface area is 203 Å². The molecule has 1 aromatic heterocycles. The first-order valence-electron chi connectivity index (χ1n) is 10.5. The molecule has 1 saturated heterocycles. The van der Waals surface area contributed by atoms with E-state index in [0.29, 0.717) is 40.0 Å². The van der Waals surface area contributed by atoms with Gasteiger partial charge in [0.25, 0.3) is 0 Å². The van der Waals surface area contributed by atoms with Crippen LogP contribution >= 0.6 is 24.2 Å². The average molecular weight is 501 g/mol. The van der Waals surface area contributed by atoms with Gasteiger partial charge in [0.1, 0.15) is 10.0 Å². The number of rotatable bonds is 6. The lowest BCUT2D eigenvalue weighted by Crippen LogP contribution is -2.35. The highest BCUT2D eigenvalue weighted by Crippen LogP contribution is 2.28. The van der Waals surface area contributed by atoms with Gasteiger partial charge in [-0.05, 0) is 56.2 Å². The molecule has 172 valence electrons. The quantitative estimate of drug-likeness (QED) is 0.289. The molecule has 0 spiro atoms. The smallest absolute Gasteiger partial charge is 0.243 e. The molecule has 0 bridgehead atoms. The number of benzene rings is 2. The van der Waals surface area contributed by atoms with Gasteiger partial charge in [-0.3, -0.25) is 0 Å². The molecule has 2 N–H and O–H groups in total. The normalized spacial score (nSPS) is 15.2. The van der Waals surface area contributed by atoms with Gasteiger partial charge in [-0.2, -0.15) is 9.40 Å². The minimum atomic E-state index is -3.47. The first-order valence-corrected chi connectivity index (χ1v) is 13.1. The van der Waals surface area contributed by atoms with Crippen molar-refractivity contribution in [1.29, 1.82) is 0 Å². The van der Waals surface area contributed by atoms with Gasteiger partial charge in [0, 0.05) is 25.0 Å². The number of anilines is 1. The summed E-state index contributed by atoms with van der Waals surface area (Å²) in [6.07, 6.45) is 2.87. The summed E-state index contributed by atoms with van der Waals surface area (Å²) in [7, 11) is -3.47. The van der Waals surface area contributed by atoms with Gasteiger partial charge in [0.2, 0.25) is 10.0 Å². The third-order valence-electron chi connectivity index (χ3n) is 5.37. The molecule has 2 heterocycles. The zero-order chi connectivity index (χ0) is 23.4. The Hall–Kier alpha value is -2.60. The van der Waals surface area contributed by atoms with E-state index < -0.39 is 10.0 Å². The number of nitrogen functional groups attached to an aromatic ring is 1. The molecule has 11 heteroatoms. The minimum Gasteiger partial charge on any atom is -0.383 e. The number of piperidine rings is 1. The van der Waals surface area contributed by atoms with Crippen molar-refractivity contribution in [2.75, 3.05) is 18.8 Å². The Morgan fingerprint density at radius 2 is 1.73 bits per heavy atom. The van der Waals surface area contributed by atoms with Gasteiger partial charge in [-0.25, -0.2) is 13.1 Å². The third-order valence-corrected chi connectivity index (χ3v) is 8.24. The number of hydrogen-bond donors (Lipinski definition) is 1. The highest BCUT2D eigenvalue weighted by molar-refractivity contribution is 8.22. The van der Waals surface area contributed by atoms with E-state index in [1.807, 2.05) is 37.3 Å². The molecule has 0 amide bonds. The highest BCUT2D eigenvalue weighted by Gasteiger charge is 2.25. The van der Waals surface area contributed by atoms with E-state index in [4.69, 9.17) is 18.0 Å². The van der Waals surface area contributed by atoms with E-state index in [0.717, 1.165) is 36.9 Å². The topological polar surface area (TPSA) is 106 Å². The van der Waals surface area contributed by atoms with Crippen LogP contribution in [0, 0.1) is 6.92 Å². The molecule has 1 fully saturated rings. The van der Waals surface area contributed by atoms with Crippen molar-refractivity contribution in [1.82, 2.24) is 14.1 Å². The molecule has 1 aliphatic rings. The molecule has 0 aliphatic carbocycles. The molecular weight excluding hydrogens is 476 g/mol. The van der Waals surface area contributed by atoms with Gasteiger partial charge in [-0.15, -0.1) is 9.63 Å². The monoisotopic (exact) mass is 500 g/mol. The molecule has 1 aliphatic heterocycles. The Morgan fingerprint density at radius 3 is 2.39 bits per heavy atom. The number of thiocarbonyl (C=S) groups is 1. The maximum absolute atomic E-state index is 12.8. The molecule has 3 aromatic rings. The Morgan fingerprint density at radius 1 is 1.06 bits per heavy atom. The SMILES string of the molecule is Cc1nn(-c2ccccc2)c(N)c1C(=S)SN=Nc1ccc(S(=O)(=O)N2CCCCC2)cc1. The lowest BCUT2D eigenvalue weighted by Gasteiger charge is -2.25. The number of aromatic nitrogens is 2. The van der Waals surface area contributed by atoms with Gasteiger partial charge in [0.05, 0.1) is 27.5 Å². The van der Waals surface area contributed by atoms with Crippen LogP contribution in [0.15, 0.2) is 69.1 Å². The average Bonchev–Trinajstić information content (AvgIpc) is 3.14. The summed E-state index contributed by atoms with van der Waals surface area (Å²) in [6.45, 7) is 2.99. The van der Waals surface area contributed by atoms with Crippen molar-refractivity contribution < 1.29 is 8.42 Å². The maximum Gasteiger partial charge on any atom is 0.243 e. The fourth-order valence-corrected chi connectivity index (χ4v) is 6.07. The number of nitrogens with two attached hydrogens (primary N) is 1. The van der Waals surface area contributed by atoms with Gasteiger partial charge in [-0.1, -0.05) is 36.8 Å². The van der Waals surface area contributed by atoms with Crippen molar-refractivity contribution >= 4 is 49.9 Å². The number of sulfonamides is 1. The predicted octanol–water partition coefficient (Wildman–Crippen LogP) is 5.05. The van der Waals surface area contributed by atoms with Crippen LogP contribution in [0.5, 0.6) is 0 Å². The summed E-state index contributed by atoms with van der Waals surface area (Å²) in [4.78, 5) is 0.267. The highest BCUT2D eigenvalue weighted by atomic mass is 32.2. The first-order chi connectivity index (χ1) is 15.9. The number of para-hydroxylation sites is 1. The van der Waals surface area contributed by atoms with Gasteiger partial charge >= 0.3 is 0 Å². The molecule has 2 aromatic carbocycles. The van der Waals surface area contributed by atoms with Crippen molar-refractivity contribution in [2.45, 2.75) is 31.1 Å². The summed E-state index contributed by atoms with van der Waals surface area (Å²) in [5.41, 5.74) is 9.04. The van der Waals surface area contributed by atoms with Crippen LogP contribution in [-0.2, 0) is 10.0 Å². The summed E-state index contributed by atoms with van der Waals surface area (Å²) in [5, 5.41) is 8.65. The maximum atomic E-state index is 12.8. The Balaban J connectivity index is 1.43. The van der Waals surface area contributed by atoms with E-state index in [9.17, 15) is 8.42 Å². The van der Waals surface area contributed by atoms with E-state index in [2.05, 4.69) is 14.7 Å². The van der Waals surface area contributed by atoms with Crippen LogP contribution in [0.3, 0.4) is 0 Å². The van der Waals surface area contributed by atoms with Crippen LogP contribution in [0.4, 0.5) is 11.5 Å². The Bertz CT molecular complexity index is 1270. The lowest BCUT2D eigenvalue weighted by atomic mass is 10.2. The zero-order valence-corrected chi connectivity index (χ0v) is 20.5. The molecule has 0 unspecified atom stereocenters. The third kappa shape index (κ3) is 5.16. The van der Waals surface area contributed by atoms with Crippen molar-refractivity contribution in [3.05, 3.63) is 65.9 Å². The van der Waals surface area contributed by atoms with E-state index in [1.165, 1.54) is 0 Å². The van der Waals surface area contributed by atoms with Crippen LogP contribution in [0.25, 0.3) is 5.69 Å². The molecule has 8 nitrogen and oxygen atoms in total. The van der Waals surface area contributed by atoms with Crippen LogP contribution in [-0.4, -0.2) is 39.8 Å². The van der Waals surface area contributed by atoms with E-state index in [-0.39, 0.29) is 4.90 Å². The second-order valence-electron chi connectivity index (χ2n) is 7.61. The van der Waals surface area contributed by atoms with Crippen molar-refractivity contribution in [2.24, 2.45) is 9.63 Å². The summed E-state index contributed by atoms with van der Waals surface area (Å²) < 4.78 is 33.3. The van der Waals surface area contributed by atoms with E-state index >= 15 is 0 Å². The summed E-state index contributed by atoms with van der Waals surface area (Å²) in [5.74, 6) is 0.443. The molecule has 0 radical (unpaired) electrons. The van der Waals surface area contributed by atoms with Crippen LogP contribution < -0.4 is 5.73 Å². The summed E-state index contributed by atoms with van der Waals surface area (Å²) >= 11 is 6.53. The first kappa shape index (κ1) is 23.6. The minimum absolute atomic E-state index is 0.267. The number of aryl methyl sites for hydroxylation is 1. The molecule has 33 heavy (non-hydrogen) atoms. The zero-order valence-electron chi connectivity index (χ0n) is 18.1. The van der Waals surface area contributed by atoms with E-state index in [1.54, 1.807) is 33.3 Å². The summed E-state index contributed by atoms with van der Waals surface area (Å²) in [6, 6.07) is 16.0. The van der Waals surface area contributed by atoms with Gasteiger partial charge < -0.3 is 5.73 Å². The number of hydrogen-bond acceptors (Lipinski definition) is 8. The van der Waals surface area contributed by atoms with Gasteiger partial charge in [0.15, 0.2) is 0 Å². The van der Waals surface area contributed by atoms with Crippen molar-refractivity contribution in [3.63, 3.8) is 0 Å². The standard InChI is InChI=1S/C22H24N6O2S3/c1-16-20(21(23)28(25-16)18-8-4-2-5-9-18)22(31)32-26-24-17-10-12-19(13-11-17)33(29,30)27-14-6-3-7-15-27/h2,4-5,8-13H,3,6-7,14-15,23H2,1H3.